The molecule has 0 aliphatic carbocycles. The zero-order valence-electron chi connectivity index (χ0n) is 15.4. The van der Waals surface area contributed by atoms with Crippen LogP contribution in [0, 0.1) is 0 Å². The van der Waals surface area contributed by atoms with Crippen molar-refractivity contribution in [1.82, 2.24) is 0 Å². The van der Waals surface area contributed by atoms with Crippen LogP contribution in [-0.4, -0.2) is 59.2 Å². The Morgan fingerprint density at radius 2 is 0.935 bits per heavy atom. The van der Waals surface area contributed by atoms with Crippen LogP contribution in [-0.2, 0) is 10.1 Å². The first-order valence-electron chi connectivity index (χ1n) is 7.74. The van der Waals surface area contributed by atoms with Gasteiger partial charge >= 0.3 is 39.3 Å². The van der Waals surface area contributed by atoms with Gasteiger partial charge in [-0.05, 0) is 19.8 Å². The highest BCUT2D eigenvalue weighted by molar-refractivity contribution is 7.87. The second-order valence-electron chi connectivity index (χ2n) is 6.53. The van der Waals surface area contributed by atoms with Gasteiger partial charge < -0.3 is 0 Å². The Bertz CT molecular complexity index is 775. The largest absolute Gasteiger partial charge is 0.457 e. The summed E-state index contributed by atoms with van der Waals surface area (Å²) in [7, 11) is -7.28. The van der Waals surface area contributed by atoms with Gasteiger partial charge in [-0.1, -0.05) is 13.8 Å². The summed E-state index contributed by atoms with van der Waals surface area (Å²) in [5.41, 5.74) is -19.6. The average molecular weight is 516 g/mol. The molecule has 1 N–H and O–H groups in total. The van der Waals surface area contributed by atoms with Crippen LogP contribution >= 0.6 is 0 Å². The minimum absolute atomic E-state index is 0.111. The molecule has 0 aromatic carbocycles. The molecule has 0 amide bonds. The lowest BCUT2D eigenvalue weighted by Gasteiger charge is -2.49. The maximum atomic E-state index is 14.8. The molecule has 0 aromatic heterocycles. The molecular weight excluding hydrogens is 502 g/mol. The van der Waals surface area contributed by atoms with Crippen molar-refractivity contribution in [3.05, 3.63) is 0 Å². The molecule has 3 nitrogen and oxygen atoms in total. The maximum absolute atomic E-state index is 14.8. The summed E-state index contributed by atoms with van der Waals surface area (Å²) in [4.78, 5) is 0. The fraction of sp³-hybridized carbons (Fsp3) is 1.00. The zero-order chi connectivity index (χ0) is 25.9. The number of hydrogen-bond acceptors (Lipinski definition) is 2. The predicted molar refractivity (Wildman–Crippen MR) is 75.2 cm³/mol. The van der Waals surface area contributed by atoms with E-state index in [2.05, 4.69) is 0 Å². The summed E-state index contributed by atoms with van der Waals surface area (Å²) in [6, 6.07) is 0. The molecule has 18 heteroatoms. The lowest BCUT2D eigenvalue weighted by atomic mass is 9.71. The molecule has 0 aromatic rings. The van der Waals surface area contributed by atoms with Gasteiger partial charge in [-0.3, -0.25) is 4.55 Å². The Morgan fingerprint density at radius 1 is 0.613 bits per heavy atom. The molecule has 0 radical (unpaired) electrons. The normalized spacial score (nSPS) is 21.2. The van der Waals surface area contributed by atoms with Crippen molar-refractivity contribution >= 4 is 10.1 Å². The van der Waals surface area contributed by atoms with Crippen LogP contribution in [0.4, 0.5) is 61.5 Å². The second-order valence-corrected chi connectivity index (χ2v) is 7.99. The molecule has 0 saturated carbocycles. The van der Waals surface area contributed by atoms with Crippen LogP contribution in [0.3, 0.4) is 0 Å². The Morgan fingerprint density at radius 3 is 1.16 bits per heavy atom. The van der Waals surface area contributed by atoms with Gasteiger partial charge in [0.25, 0.3) is 5.67 Å². The third kappa shape index (κ3) is 3.55. The molecule has 31 heavy (non-hydrogen) atoms. The van der Waals surface area contributed by atoms with E-state index in [0.29, 0.717) is 0 Å². The van der Waals surface area contributed by atoms with Gasteiger partial charge in [0.15, 0.2) is 0 Å². The molecular formula is C13H14F14O3S. The van der Waals surface area contributed by atoms with Crippen molar-refractivity contribution in [2.75, 3.05) is 0 Å². The first-order chi connectivity index (χ1) is 13.1. The van der Waals surface area contributed by atoms with Crippen LogP contribution in [0.15, 0.2) is 0 Å². The lowest BCUT2D eigenvalue weighted by Crippen LogP contribution is -2.77. The average Bonchev–Trinajstić information content (AvgIpc) is 2.56. The summed E-state index contributed by atoms with van der Waals surface area (Å²) < 4.78 is 222. The SMILES string of the molecule is CCC(F)(C(F)(F)C(F)(CC)C(F)(F)S(=O)(=O)O)C(F)(F)[C@](C)(F)C(F)(F)C(F)(F)F. The quantitative estimate of drug-likeness (QED) is 0.307. The molecule has 0 aliphatic rings. The van der Waals surface area contributed by atoms with E-state index in [0.717, 1.165) is 0 Å². The minimum Gasteiger partial charge on any atom is -0.281 e. The number of halogens is 14. The third-order valence-corrected chi connectivity index (χ3v) is 5.76. The summed E-state index contributed by atoms with van der Waals surface area (Å²) >= 11 is 0. The summed E-state index contributed by atoms with van der Waals surface area (Å²) in [5, 5.41) is -6.81. The molecule has 0 spiro atoms. The molecule has 0 fully saturated rings. The highest BCUT2D eigenvalue weighted by Crippen LogP contribution is 2.64. The van der Waals surface area contributed by atoms with E-state index in [1.54, 1.807) is 0 Å². The van der Waals surface area contributed by atoms with E-state index in [1.807, 2.05) is 0 Å². The first-order valence-corrected chi connectivity index (χ1v) is 9.18. The fourth-order valence-electron chi connectivity index (χ4n) is 2.61. The molecule has 3 atom stereocenters. The molecule has 0 bridgehead atoms. The van der Waals surface area contributed by atoms with Crippen LogP contribution in [0.5, 0.6) is 0 Å². The van der Waals surface area contributed by atoms with Crippen LogP contribution in [0.2, 0.25) is 0 Å². The topological polar surface area (TPSA) is 54.4 Å². The van der Waals surface area contributed by atoms with Gasteiger partial charge in [0.2, 0.25) is 11.3 Å². The van der Waals surface area contributed by atoms with Gasteiger partial charge in [0, 0.05) is 0 Å². The maximum Gasteiger partial charge on any atom is 0.457 e. The summed E-state index contributed by atoms with van der Waals surface area (Å²) in [6.45, 7) is -1.70. The number of hydrogen-bond donors (Lipinski definition) is 1. The molecule has 0 saturated heterocycles. The standard InChI is InChI=1S/C13H14F14O3S/c1-4-7(15,9(17,18)6(3,14)10(19,20)12(23,24)25)11(21,22)8(16,5-2)13(26,27)31(28,29)30/h4-5H2,1-3H3,(H,28,29,30)/t6-,7?,8?/m0/s1. The molecule has 188 valence electrons. The summed E-state index contributed by atoms with van der Waals surface area (Å²) in [5.74, 6) is -21.7. The molecule has 2 unspecified atom stereocenters. The van der Waals surface area contributed by atoms with E-state index in [-0.39, 0.29) is 13.8 Å². The Kier molecular flexibility index (Phi) is 7.22. The monoisotopic (exact) mass is 516 g/mol. The smallest absolute Gasteiger partial charge is 0.281 e. The fourth-order valence-corrected chi connectivity index (χ4v) is 3.29. The Balaban J connectivity index is 7.27. The van der Waals surface area contributed by atoms with Crippen molar-refractivity contribution in [1.29, 1.82) is 0 Å². The van der Waals surface area contributed by atoms with Gasteiger partial charge in [-0.2, -0.15) is 56.7 Å². The molecule has 0 aliphatic heterocycles. The minimum atomic E-state index is -7.29. The van der Waals surface area contributed by atoms with Gasteiger partial charge in [-0.15, -0.1) is 0 Å². The van der Waals surface area contributed by atoms with Gasteiger partial charge in [0.1, 0.15) is 0 Å². The van der Waals surface area contributed by atoms with Crippen molar-refractivity contribution in [3.63, 3.8) is 0 Å². The van der Waals surface area contributed by atoms with E-state index >= 15 is 0 Å². The van der Waals surface area contributed by atoms with Crippen molar-refractivity contribution < 1.29 is 74.4 Å². The molecule has 0 rings (SSSR count). The highest BCUT2D eigenvalue weighted by atomic mass is 32.2. The number of alkyl halides is 14. The summed E-state index contributed by atoms with van der Waals surface area (Å²) in [6.07, 6.45) is -12.6. The third-order valence-electron chi connectivity index (χ3n) is 4.79. The van der Waals surface area contributed by atoms with Crippen LogP contribution < -0.4 is 0 Å². The van der Waals surface area contributed by atoms with Crippen LogP contribution in [0.25, 0.3) is 0 Å². The Labute approximate surface area is 165 Å². The molecule has 0 heterocycles. The van der Waals surface area contributed by atoms with Crippen molar-refractivity contribution in [3.8, 4) is 0 Å². The Hall–Kier alpha value is -1.07. The first kappa shape index (κ1) is 29.9. The van der Waals surface area contributed by atoms with E-state index < -0.39 is 76.1 Å². The van der Waals surface area contributed by atoms with E-state index in [9.17, 15) is 69.9 Å². The second kappa shape index (κ2) is 7.48. The lowest BCUT2D eigenvalue weighted by molar-refractivity contribution is -0.398. The van der Waals surface area contributed by atoms with Gasteiger partial charge in [-0.25, -0.2) is 13.2 Å². The van der Waals surface area contributed by atoms with E-state index in [1.165, 1.54) is 0 Å². The van der Waals surface area contributed by atoms with Crippen LogP contribution in [0.1, 0.15) is 33.6 Å². The van der Waals surface area contributed by atoms with Crippen molar-refractivity contribution in [2.24, 2.45) is 0 Å². The van der Waals surface area contributed by atoms with Gasteiger partial charge in [0.05, 0.1) is 0 Å². The highest BCUT2D eigenvalue weighted by Gasteiger charge is 2.90. The zero-order valence-corrected chi connectivity index (χ0v) is 16.2. The number of rotatable bonds is 9. The van der Waals surface area contributed by atoms with Crippen molar-refractivity contribution in [2.45, 2.75) is 79.8 Å². The van der Waals surface area contributed by atoms with E-state index in [4.69, 9.17) is 4.55 Å². The predicted octanol–water partition coefficient (Wildman–Crippen LogP) is 5.90.